The maximum Gasteiger partial charge on any atom is 0.271 e. The number of nitrogens with one attached hydrogen (secondary N) is 2. The molecule has 0 unspecified atom stereocenters. The minimum absolute atomic E-state index is 0.184. The lowest BCUT2D eigenvalue weighted by molar-refractivity contribution is -0.118. The number of aryl methyl sites for hydroxylation is 1. The van der Waals surface area contributed by atoms with Crippen LogP contribution in [0.2, 0.25) is 10.0 Å². The summed E-state index contributed by atoms with van der Waals surface area (Å²) in [5.41, 5.74) is 5.20. The molecule has 0 bridgehead atoms. The third kappa shape index (κ3) is 6.82. The van der Waals surface area contributed by atoms with Crippen molar-refractivity contribution in [2.45, 2.75) is 6.92 Å². The van der Waals surface area contributed by atoms with Gasteiger partial charge in [0.05, 0.1) is 16.3 Å². The molecule has 0 spiro atoms. The molecule has 0 radical (unpaired) electrons. The molecule has 0 aliphatic heterocycles. The number of halogens is 3. The van der Waals surface area contributed by atoms with E-state index >= 15 is 0 Å². The third-order valence-corrected chi connectivity index (χ3v) is 5.28. The summed E-state index contributed by atoms with van der Waals surface area (Å²) in [6.45, 7) is 1.70. The van der Waals surface area contributed by atoms with E-state index in [1.54, 1.807) is 48.5 Å². The molecule has 3 rings (SSSR count). The predicted octanol–water partition coefficient (Wildman–Crippen LogP) is 5.85. The molecule has 0 aliphatic carbocycles. The first-order valence-electron chi connectivity index (χ1n) is 9.39. The minimum Gasteiger partial charge on any atom is -0.481 e. The fraction of sp³-hybridized carbons (Fsp3) is 0.0870. The van der Waals surface area contributed by atoms with Crippen molar-refractivity contribution in [2.75, 3.05) is 11.9 Å². The molecular weight excluding hydrogens is 517 g/mol. The lowest BCUT2D eigenvalue weighted by atomic mass is 10.2. The van der Waals surface area contributed by atoms with Gasteiger partial charge in [-0.25, -0.2) is 5.43 Å². The molecule has 2 N–H and O–H groups in total. The van der Waals surface area contributed by atoms with E-state index in [0.717, 1.165) is 10.0 Å². The van der Waals surface area contributed by atoms with Crippen LogP contribution in [-0.4, -0.2) is 24.6 Å². The highest BCUT2D eigenvalue weighted by atomic mass is 79.9. The fourth-order valence-corrected chi connectivity index (χ4v) is 3.47. The summed E-state index contributed by atoms with van der Waals surface area (Å²) in [6, 6.07) is 17.4. The van der Waals surface area contributed by atoms with E-state index < -0.39 is 0 Å². The Morgan fingerprint density at radius 1 is 1.03 bits per heavy atom. The van der Waals surface area contributed by atoms with Crippen molar-refractivity contribution in [3.05, 3.63) is 91.9 Å². The molecule has 0 aromatic heterocycles. The highest BCUT2D eigenvalue weighted by Crippen LogP contribution is 2.33. The zero-order valence-electron chi connectivity index (χ0n) is 16.9. The predicted molar refractivity (Wildman–Crippen MR) is 131 cm³/mol. The normalized spacial score (nSPS) is 10.8. The summed E-state index contributed by atoms with van der Waals surface area (Å²) in [7, 11) is 0. The molecule has 3 aromatic carbocycles. The number of carbonyl (C=O) groups is 2. The van der Waals surface area contributed by atoms with E-state index in [1.165, 1.54) is 6.21 Å². The number of hydrogen-bond donors (Lipinski definition) is 2. The van der Waals surface area contributed by atoms with Crippen LogP contribution in [0, 0.1) is 6.92 Å². The first kappa shape index (κ1) is 23.8. The van der Waals surface area contributed by atoms with Crippen LogP contribution in [0.5, 0.6) is 5.75 Å². The molecule has 9 heteroatoms. The van der Waals surface area contributed by atoms with Gasteiger partial charge in [0.25, 0.3) is 11.8 Å². The Morgan fingerprint density at radius 3 is 2.28 bits per heavy atom. The number of benzene rings is 3. The lowest BCUT2D eigenvalue weighted by Crippen LogP contribution is -2.20. The summed E-state index contributed by atoms with van der Waals surface area (Å²) < 4.78 is 6.37. The van der Waals surface area contributed by atoms with E-state index in [-0.39, 0.29) is 34.2 Å². The second-order valence-electron chi connectivity index (χ2n) is 6.72. The largest absolute Gasteiger partial charge is 0.481 e. The number of ether oxygens (including phenoxy) is 1. The van der Waals surface area contributed by atoms with Crippen molar-refractivity contribution in [1.29, 1.82) is 0 Å². The molecule has 0 atom stereocenters. The van der Waals surface area contributed by atoms with E-state index in [4.69, 9.17) is 27.9 Å². The fourth-order valence-electron chi connectivity index (χ4n) is 2.59. The monoisotopic (exact) mass is 533 g/mol. The van der Waals surface area contributed by atoms with Crippen molar-refractivity contribution >= 4 is 62.8 Å². The van der Waals surface area contributed by atoms with Crippen LogP contribution in [0.3, 0.4) is 0 Å². The maximum absolute atomic E-state index is 12.1. The Balaban J connectivity index is 1.57. The van der Waals surface area contributed by atoms with Crippen LogP contribution in [0.4, 0.5) is 5.69 Å². The number of nitrogens with zero attached hydrogens (tertiary/aromatic N) is 1. The quantitative estimate of drug-likeness (QED) is 0.295. The molecule has 3 aromatic rings. The molecule has 2 amide bonds. The van der Waals surface area contributed by atoms with Crippen molar-refractivity contribution in [3.8, 4) is 5.75 Å². The lowest BCUT2D eigenvalue weighted by Gasteiger charge is -2.11. The second kappa shape index (κ2) is 11.1. The molecule has 164 valence electrons. The van der Waals surface area contributed by atoms with Crippen molar-refractivity contribution < 1.29 is 14.3 Å². The van der Waals surface area contributed by atoms with Gasteiger partial charge in [-0.2, -0.15) is 5.10 Å². The molecular formula is C23H18BrCl2N3O3. The summed E-state index contributed by atoms with van der Waals surface area (Å²) in [4.78, 5) is 24.2. The van der Waals surface area contributed by atoms with Gasteiger partial charge >= 0.3 is 0 Å². The zero-order chi connectivity index (χ0) is 23.1. The Morgan fingerprint density at radius 2 is 1.66 bits per heavy atom. The Kier molecular flexibility index (Phi) is 8.27. The topological polar surface area (TPSA) is 79.8 Å². The van der Waals surface area contributed by atoms with Crippen molar-refractivity contribution in [2.24, 2.45) is 5.10 Å². The number of rotatable bonds is 7. The Hall–Kier alpha value is -2.87. The van der Waals surface area contributed by atoms with Gasteiger partial charge in [0, 0.05) is 15.7 Å². The van der Waals surface area contributed by atoms with Gasteiger partial charge in [0.1, 0.15) is 0 Å². The molecule has 6 nitrogen and oxygen atoms in total. The average Bonchev–Trinajstić information content (AvgIpc) is 2.75. The van der Waals surface area contributed by atoms with E-state index in [1.807, 2.05) is 19.1 Å². The van der Waals surface area contributed by atoms with Crippen LogP contribution in [-0.2, 0) is 4.79 Å². The Labute approximate surface area is 203 Å². The summed E-state index contributed by atoms with van der Waals surface area (Å²) in [5, 5.41) is 7.07. The maximum atomic E-state index is 12.1. The first-order chi connectivity index (χ1) is 15.3. The van der Waals surface area contributed by atoms with Crippen molar-refractivity contribution in [1.82, 2.24) is 5.43 Å². The van der Waals surface area contributed by atoms with Gasteiger partial charge in [0.15, 0.2) is 12.4 Å². The van der Waals surface area contributed by atoms with E-state index in [9.17, 15) is 9.59 Å². The summed E-state index contributed by atoms with van der Waals surface area (Å²) in [6.07, 6.45) is 1.41. The van der Waals surface area contributed by atoms with Crippen LogP contribution < -0.4 is 15.5 Å². The van der Waals surface area contributed by atoms with Crippen LogP contribution in [0.25, 0.3) is 0 Å². The highest BCUT2D eigenvalue weighted by Gasteiger charge is 2.12. The molecule has 0 fully saturated rings. The van der Waals surface area contributed by atoms with Crippen LogP contribution >= 0.6 is 39.1 Å². The number of anilines is 1. The number of hydrazone groups is 1. The second-order valence-corrected chi connectivity index (χ2v) is 8.45. The van der Waals surface area contributed by atoms with Crippen LogP contribution in [0.1, 0.15) is 21.5 Å². The summed E-state index contributed by atoms with van der Waals surface area (Å²) in [5.74, 6) is -0.517. The highest BCUT2D eigenvalue weighted by molar-refractivity contribution is 9.10. The van der Waals surface area contributed by atoms with Gasteiger partial charge < -0.3 is 10.1 Å². The smallest absolute Gasteiger partial charge is 0.271 e. The summed E-state index contributed by atoms with van der Waals surface area (Å²) >= 11 is 15.8. The molecule has 0 aliphatic rings. The SMILES string of the molecule is Cc1ccc(NC(=O)COc2c(Cl)cc(/C=N/NC(=O)c3ccc(Br)cc3)cc2Cl)cc1. The average molecular weight is 535 g/mol. The van der Waals surface area contributed by atoms with Gasteiger partial charge in [-0.15, -0.1) is 0 Å². The Bertz CT molecular complexity index is 1130. The van der Waals surface area contributed by atoms with Crippen molar-refractivity contribution in [3.63, 3.8) is 0 Å². The first-order valence-corrected chi connectivity index (χ1v) is 10.9. The number of carbonyl (C=O) groups excluding carboxylic acids is 2. The zero-order valence-corrected chi connectivity index (χ0v) is 20.0. The molecule has 0 saturated carbocycles. The minimum atomic E-state index is -0.356. The van der Waals surface area contributed by atoms with Gasteiger partial charge in [0.2, 0.25) is 0 Å². The number of amides is 2. The number of hydrogen-bond acceptors (Lipinski definition) is 4. The molecule has 0 saturated heterocycles. The van der Waals surface area contributed by atoms with Gasteiger partial charge in [-0.1, -0.05) is 56.8 Å². The molecule has 32 heavy (non-hydrogen) atoms. The molecule has 0 heterocycles. The van der Waals surface area contributed by atoms with Crippen LogP contribution in [0.15, 0.2) is 70.2 Å². The third-order valence-electron chi connectivity index (χ3n) is 4.19. The van der Waals surface area contributed by atoms with E-state index in [2.05, 4.69) is 31.8 Å². The van der Waals surface area contributed by atoms with E-state index in [0.29, 0.717) is 16.8 Å². The van der Waals surface area contributed by atoms with Gasteiger partial charge in [-0.05, 0) is 61.0 Å². The standard InChI is InChI=1S/C23H18BrCl2N3O3/c1-14-2-8-18(9-3-14)28-21(30)13-32-22-19(25)10-15(11-20(22)26)12-27-29-23(31)16-4-6-17(24)7-5-16/h2-12H,13H2,1H3,(H,28,30)(H,29,31)/b27-12+. The van der Waals surface area contributed by atoms with Gasteiger partial charge in [-0.3, -0.25) is 9.59 Å².